The Labute approximate surface area is 119 Å². The van der Waals surface area contributed by atoms with Crippen molar-refractivity contribution in [1.29, 1.82) is 0 Å². The van der Waals surface area contributed by atoms with Gasteiger partial charge >= 0.3 is 0 Å². The number of hydrogen-bond donors (Lipinski definition) is 0. The Morgan fingerprint density at radius 1 is 1.10 bits per heavy atom. The molecule has 0 aliphatic heterocycles. The van der Waals surface area contributed by atoms with Crippen LogP contribution in [0, 0.1) is 15.9 Å². The summed E-state index contributed by atoms with van der Waals surface area (Å²) in [5.41, 5.74) is 2.11. The number of hydrogen-bond acceptors (Lipinski definition) is 3. The number of halogens is 1. The maximum atomic E-state index is 13.3. The maximum absolute atomic E-state index is 13.3. The second-order valence-electron chi connectivity index (χ2n) is 4.41. The van der Waals surface area contributed by atoms with E-state index in [1.807, 2.05) is 0 Å². The van der Waals surface area contributed by atoms with Crippen LogP contribution in [0.1, 0.15) is 0 Å². The van der Waals surface area contributed by atoms with Gasteiger partial charge in [0.25, 0.3) is 5.69 Å². The fourth-order valence-electron chi connectivity index (χ4n) is 2.09. The van der Waals surface area contributed by atoms with E-state index >= 15 is 0 Å². The highest BCUT2D eigenvalue weighted by atomic mass is 19.1. The standard InChI is InChI=1S/C15H10FN3O2/c16-12-2-1-3-14(10-12)18-15(8-9-17-18)11-4-6-13(7-5-11)19(20)21/h1-10H. The van der Waals surface area contributed by atoms with Crippen LogP contribution in [-0.2, 0) is 0 Å². The second-order valence-corrected chi connectivity index (χ2v) is 4.41. The van der Waals surface area contributed by atoms with E-state index in [-0.39, 0.29) is 11.5 Å². The fourth-order valence-corrected chi connectivity index (χ4v) is 2.09. The largest absolute Gasteiger partial charge is 0.269 e. The number of nitrogens with zero attached hydrogens (tertiary/aromatic N) is 3. The predicted molar refractivity (Wildman–Crippen MR) is 75.6 cm³/mol. The molecule has 0 aliphatic carbocycles. The van der Waals surface area contributed by atoms with E-state index in [1.165, 1.54) is 24.3 Å². The average molecular weight is 283 g/mol. The Morgan fingerprint density at radius 3 is 2.52 bits per heavy atom. The molecular weight excluding hydrogens is 273 g/mol. The van der Waals surface area contributed by atoms with Crippen molar-refractivity contribution in [3.8, 4) is 16.9 Å². The van der Waals surface area contributed by atoms with Crippen LogP contribution in [0.15, 0.2) is 60.8 Å². The summed E-state index contributed by atoms with van der Waals surface area (Å²) in [5, 5.41) is 14.8. The summed E-state index contributed by atoms with van der Waals surface area (Å²) >= 11 is 0. The van der Waals surface area contributed by atoms with E-state index in [0.29, 0.717) is 5.69 Å². The number of nitro groups is 1. The van der Waals surface area contributed by atoms with Gasteiger partial charge in [-0.15, -0.1) is 0 Å². The maximum Gasteiger partial charge on any atom is 0.269 e. The lowest BCUT2D eigenvalue weighted by Crippen LogP contribution is -1.99. The van der Waals surface area contributed by atoms with E-state index in [1.54, 1.807) is 41.2 Å². The molecule has 0 aliphatic rings. The van der Waals surface area contributed by atoms with Gasteiger partial charge in [-0.2, -0.15) is 5.10 Å². The number of non-ortho nitro benzene ring substituents is 1. The minimum Gasteiger partial charge on any atom is -0.258 e. The van der Waals surface area contributed by atoms with Crippen LogP contribution in [0.2, 0.25) is 0 Å². The second kappa shape index (κ2) is 5.16. The summed E-state index contributed by atoms with van der Waals surface area (Å²) in [6.07, 6.45) is 1.60. The van der Waals surface area contributed by atoms with Crippen molar-refractivity contribution in [1.82, 2.24) is 9.78 Å². The van der Waals surface area contributed by atoms with Crippen LogP contribution < -0.4 is 0 Å². The minimum atomic E-state index is -0.451. The summed E-state index contributed by atoms with van der Waals surface area (Å²) in [7, 11) is 0. The SMILES string of the molecule is O=[N+]([O-])c1ccc(-c2ccnn2-c2cccc(F)c2)cc1. The Balaban J connectivity index is 2.04. The normalized spacial score (nSPS) is 10.5. The van der Waals surface area contributed by atoms with Gasteiger partial charge in [-0.25, -0.2) is 9.07 Å². The number of benzene rings is 2. The Hall–Kier alpha value is -3.02. The lowest BCUT2D eigenvalue weighted by atomic mass is 10.1. The van der Waals surface area contributed by atoms with Crippen LogP contribution in [0.4, 0.5) is 10.1 Å². The van der Waals surface area contributed by atoms with Crippen LogP contribution in [0.25, 0.3) is 16.9 Å². The first kappa shape index (κ1) is 13.0. The van der Waals surface area contributed by atoms with Gasteiger partial charge in [-0.05, 0) is 36.4 Å². The molecule has 6 heteroatoms. The van der Waals surface area contributed by atoms with Gasteiger partial charge in [0.15, 0.2) is 0 Å². The van der Waals surface area contributed by atoms with E-state index < -0.39 is 4.92 Å². The molecule has 21 heavy (non-hydrogen) atoms. The third-order valence-electron chi connectivity index (χ3n) is 3.07. The third-order valence-corrected chi connectivity index (χ3v) is 3.07. The predicted octanol–water partition coefficient (Wildman–Crippen LogP) is 3.59. The zero-order chi connectivity index (χ0) is 14.8. The first-order valence-electron chi connectivity index (χ1n) is 6.20. The molecule has 1 aromatic heterocycles. The van der Waals surface area contributed by atoms with Gasteiger partial charge in [0.05, 0.1) is 22.5 Å². The Kier molecular flexibility index (Phi) is 3.19. The van der Waals surface area contributed by atoms with Crippen molar-refractivity contribution in [2.75, 3.05) is 0 Å². The molecule has 5 nitrogen and oxygen atoms in total. The summed E-state index contributed by atoms with van der Waals surface area (Å²) in [6.45, 7) is 0. The molecular formula is C15H10FN3O2. The number of rotatable bonds is 3. The zero-order valence-electron chi connectivity index (χ0n) is 10.8. The number of aromatic nitrogens is 2. The quantitative estimate of drug-likeness (QED) is 0.545. The highest BCUT2D eigenvalue weighted by molar-refractivity contribution is 5.63. The molecule has 0 radical (unpaired) electrons. The van der Waals surface area contributed by atoms with Crippen LogP contribution in [0.3, 0.4) is 0 Å². The fraction of sp³-hybridized carbons (Fsp3) is 0. The van der Waals surface area contributed by atoms with Crippen molar-refractivity contribution >= 4 is 5.69 Å². The third kappa shape index (κ3) is 2.51. The van der Waals surface area contributed by atoms with E-state index in [0.717, 1.165) is 11.3 Å². The van der Waals surface area contributed by atoms with Crippen LogP contribution >= 0.6 is 0 Å². The molecule has 104 valence electrons. The smallest absolute Gasteiger partial charge is 0.258 e. The van der Waals surface area contributed by atoms with E-state index in [4.69, 9.17) is 0 Å². The molecule has 0 spiro atoms. The van der Waals surface area contributed by atoms with Crippen LogP contribution in [-0.4, -0.2) is 14.7 Å². The molecule has 3 aromatic rings. The number of nitro benzene ring substituents is 1. The average Bonchev–Trinajstić information content (AvgIpc) is 2.97. The highest BCUT2D eigenvalue weighted by Crippen LogP contribution is 2.24. The minimum absolute atomic E-state index is 0.0237. The first-order chi connectivity index (χ1) is 10.1. The molecule has 3 rings (SSSR count). The lowest BCUT2D eigenvalue weighted by molar-refractivity contribution is -0.384. The van der Waals surface area contributed by atoms with E-state index in [2.05, 4.69) is 5.10 Å². The Bertz CT molecular complexity index is 797. The molecule has 0 amide bonds. The summed E-state index contributed by atoms with van der Waals surface area (Å²) in [5.74, 6) is -0.349. The monoisotopic (exact) mass is 283 g/mol. The van der Waals surface area contributed by atoms with Crippen molar-refractivity contribution in [3.05, 3.63) is 76.7 Å². The Morgan fingerprint density at radius 2 is 1.86 bits per heavy atom. The molecule has 0 fully saturated rings. The molecule has 0 bridgehead atoms. The van der Waals surface area contributed by atoms with Gasteiger partial charge in [0, 0.05) is 17.7 Å². The molecule has 1 heterocycles. The van der Waals surface area contributed by atoms with Gasteiger partial charge in [-0.3, -0.25) is 10.1 Å². The van der Waals surface area contributed by atoms with Crippen molar-refractivity contribution in [2.45, 2.75) is 0 Å². The van der Waals surface area contributed by atoms with Gasteiger partial charge < -0.3 is 0 Å². The van der Waals surface area contributed by atoms with Crippen LogP contribution in [0.5, 0.6) is 0 Å². The topological polar surface area (TPSA) is 61.0 Å². The molecule has 0 N–H and O–H groups in total. The zero-order valence-corrected chi connectivity index (χ0v) is 10.8. The molecule has 2 aromatic carbocycles. The molecule has 0 unspecified atom stereocenters. The summed E-state index contributed by atoms with van der Waals surface area (Å²) in [4.78, 5) is 10.2. The van der Waals surface area contributed by atoms with Gasteiger partial charge in [0.2, 0.25) is 0 Å². The van der Waals surface area contributed by atoms with Crippen molar-refractivity contribution < 1.29 is 9.31 Å². The first-order valence-corrected chi connectivity index (χ1v) is 6.20. The van der Waals surface area contributed by atoms with Crippen molar-refractivity contribution in [3.63, 3.8) is 0 Å². The summed E-state index contributed by atoms with van der Waals surface area (Å²) < 4.78 is 14.9. The highest BCUT2D eigenvalue weighted by Gasteiger charge is 2.10. The van der Waals surface area contributed by atoms with Gasteiger partial charge in [0.1, 0.15) is 5.82 Å². The van der Waals surface area contributed by atoms with Crippen molar-refractivity contribution in [2.24, 2.45) is 0 Å². The van der Waals surface area contributed by atoms with Gasteiger partial charge in [-0.1, -0.05) is 6.07 Å². The molecule has 0 saturated carbocycles. The summed E-state index contributed by atoms with van der Waals surface area (Å²) in [6, 6.07) is 14.0. The van der Waals surface area contributed by atoms with E-state index in [9.17, 15) is 14.5 Å². The molecule has 0 atom stereocenters. The molecule has 0 saturated heterocycles. The lowest BCUT2D eigenvalue weighted by Gasteiger charge is -2.07.